The number of nitrogens with one attached hydrogen (secondary N) is 1. The predicted molar refractivity (Wildman–Crippen MR) is 111 cm³/mol. The molecule has 0 radical (unpaired) electrons. The molecule has 1 amide bonds. The summed E-state index contributed by atoms with van der Waals surface area (Å²) in [6.07, 6.45) is 1.70. The van der Waals surface area contributed by atoms with Gasteiger partial charge in [-0.2, -0.15) is 0 Å². The van der Waals surface area contributed by atoms with Crippen LogP contribution in [0.4, 0.5) is 5.82 Å². The van der Waals surface area contributed by atoms with Gasteiger partial charge in [-0.05, 0) is 42.0 Å². The number of hydrogen-bond donors (Lipinski definition) is 1. The van der Waals surface area contributed by atoms with Crippen LogP contribution in [-0.4, -0.2) is 41.4 Å². The molecule has 3 aromatic rings. The maximum Gasteiger partial charge on any atom is 0.337 e. The normalized spacial score (nSPS) is 15.8. The molecule has 7 nitrogen and oxygen atoms in total. The number of ether oxygens (including phenoxy) is 2. The highest BCUT2D eigenvalue weighted by atomic mass is 32.2. The molecule has 1 aromatic heterocycles. The number of imidazole rings is 1. The Morgan fingerprint density at radius 1 is 1.14 bits per heavy atom. The van der Waals surface area contributed by atoms with Crippen LogP contribution in [0, 0.1) is 0 Å². The number of anilines is 1. The zero-order valence-electron chi connectivity index (χ0n) is 15.9. The van der Waals surface area contributed by atoms with E-state index in [2.05, 4.69) is 10.3 Å². The molecular weight excluding hydrogens is 390 g/mol. The van der Waals surface area contributed by atoms with Gasteiger partial charge in [0.25, 0.3) is 0 Å². The number of rotatable bonds is 4. The minimum Gasteiger partial charge on any atom is -0.497 e. The molecule has 2 heterocycles. The van der Waals surface area contributed by atoms with Crippen LogP contribution in [0.25, 0.3) is 5.69 Å². The number of amides is 1. The number of carbonyl (C=O) groups excluding carboxylic acids is 2. The Hall–Kier alpha value is -3.26. The summed E-state index contributed by atoms with van der Waals surface area (Å²) in [5, 5.41) is 2.74. The Balaban J connectivity index is 1.78. The Bertz CT molecular complexity index is 1040. The number of carbonyl (C=O) groups is 2. The fraction of sp³-hybridized carbons (Fsp3) is 0.190. The van der Waals surface area contributed by atoms with E-state index in [0.717, 1.165) is 22.7 Å². The summed E-state index contributed by atoms with van der Waals surface area (Å²) < 4.78 is 12.0. The van der Waals surface area contributed by atoms with Crippen LogP contribution >= 0.6 is 11.8 Å². The lowest BCUT2D eigenvalue weighted by molar-refractivity contribution is -0.113. The van der Waals surface area contributed by atoms with E-state index in [-0.39, 0.29) is 17.1 Å². The molecule has 0 fully saturated rings. The van der Waals surface area contributed by atoms with Crippen LogP contribution in [0.2, 0.25) is 0 Å². The minimum atomic E-state index is -0.383. The standard InChI is InChI=1S/C21H19N3O4S/c1-27-16-9-7-15(8-10-16)24-12-22-20-18(24)19(29-11-17(25)23-20)13-3-5-14(6-4-13)21(26)28-2/h3-10,12,19H,11H2,1-2H3,(H,23,25)/t19-/m1/s1. The zero-order valence-corrected chi connectivity index (χ0v) is 16.7. The van der Waals surface area contributed by atoms with Gasteiger partial charge in [-0.15, -0.1) is 11.8 Å². The number of methoxy groups -OCH3 is 2. The second-order valence-corrected chi connectivity index (χ2v) is 7.49. The fourth-order valence-electron chi connectivity index (χ4n) is 3.23. The largest absolute Gasteiger partial charge is 0.497 e. The number of fused-ring (bicyclic) bond motifs is 1. The van der Waals surface area contributed by atoms with Crippen molar-refractivity contribution in [1.82, 2.24) is 9.55 Å². The molecule has 1 N–H and O–H groups in total. The van der Waals surface area contributed by atoms with E-state index in [1.165, 1.54) is 18.9 Å². The van der Waals surface area contributed by atoms with E-state index in [1.54, 1.807) is 25.6 Å². The second-order valence-electron chi connectivity index (χ2n) is 6.40. The van der Waals surface area contributed by atoms with E-state index in [4.69, 9.17) is 9.47 Å². The maximum absolute atomic E-state index is 12.2. The van der Waals surface area contributed by atoms with Gasteiger partial charge < -0.3 is 14.8 Å². The number of nitrogens with zero attached hydrogens (tertiary/aromatic N) is 2. The number of hydrogen-bond acceptors (Lipinski definition) is 6. The Morgan fingerprint density at radius 2 is 1.86 bits per heavy atom. The highest BCUT2D eigenvalue weighted by Crippen LogP contribution is 2.42. The summed E-state index contributed by atoms with van der Waals surface area (Å²) >= 11 is 1.52. The van der Waals surface area contributed by atoms with Crippen LogP contribution < -0.4 is 10.1 Å². The van der Waals surface area contributed by atoms with E-state index >= 15 is 0 Å². The van der Waals surface area contributed by atoms with Gasteiger partial charge in [0.05, 0.1) is 36.5 Å². The van der Waals surface area contributed by atoms with Gasteiger partial charge in [-0.3, -0.25) is 9.36 Å². The number of benzene rings is 2. The molecule has 1 aliphatic heterocycles. The zero-order chi connectivity index (χ0) is 20.4. The molecule has 0 bridgehead atoms. The molecule has 1 atom stereocenters. The molecule has 4 rings (SSSR count). The summed E-state index contributed by atoms with van der Waals surface area (Å²) in [4.78, 5) is 28.3. The average Bonchev–Trinajstić information content (AvgIpc) is 3.09. The minimum absolute atomic E-state index is 0.0927. The van der Waals surface area contributed by atoms with Gasteiger partial charge in [-0.25, -0.2) is 9.78 Å². The van der Waals surface area contributed by atoms with E-state index in [0.29, 0.717) is 17.1 Å². The topological polar surface area (TPSA) is 82.5 Å². The van der Waals surface area contributed by atoms with Crippen molar-refractivity contribution in [3.8, 4) is 11.4 Å². The smallest absolute Gasteiger partial charge is 0.337 e. The first-order valence-electron chi connectivity index (χ1n) is 8.92. The monoisotopic (exact) mass is 409 g/mol. The van der Waals surface area contributed by atoms with Gasteiger partial charge in [0.2, 0.25) is 5.91 Å². The highest BCUT2D eigenvalue weighted by molar-refractivity contribution is 8.00. The van der Waals surface area contributed by atoms with Gasteiger partial charge >= 0.3 is 5.97 Å². The van der Waals surface area contributed by atoms with Crippen LogP contribution in [0.3, 0.4) is 0 Å². The first-order chi connectivity index (χ1) is 14.1. The Morgan fingerprint density at radius 3 is 2.52 bits per heavy atom. The summed E-state index contributed by atoms with van der Waals surface area (Å²) in [5.41, 5.74) is 3.23. The number of esters is 1. The van der Waals surface area contributed by atoms with Crippen LogP contribution in [0.5, 0.6) is 5.75 Å². The lowest BCUT2D eigenvalue weighted by Crippen LogP contribution is -2.12. The highest BCUT2D eigenvalue weighted by Gasteiger charge is 2.29. The quantitative estimate of drug-likeness (QED) is 0.665. The fourth-order valence-corrected chi connectivity index (χ4v) is 4.35. The molecule has 2 aromatic carbocycles. The summed E-state index contributed by atoms with van der Waals surface area (Å²) in [7, 11) is 2.98. The summed E-state index contributed by atoms with van der Waals surface area (Å²) in [6, 6.07) is 14.9. The summed E-state index contributed by atoms with van der Waals surface area (Å²) in [6.45, 7) is 0. The van der Waals surface area contributed by atoms with Crippen molar-refractivity contribution >= 4 is 29.5 Å². The molecular formula is C21H19N3O4S. The lowest BCUT2D eigenvalue weighted by Gasteiger charge is -2.18. The Labute approximate surface area is 172 Å². The average molecular weight is 409 g/mol. The van der Waals surface area contributed by atoms with Crippen molar-refractivity contribution in [2.45, 2.75) is 5.25 Å². The molecule has 148 valence electrons. The third-order valence-corrected chi connectivity index (χ3v) is 5.93. The van der Waals surface area contributed by atoms with Crippen molar-refractivity contribution in [2.75, 3.05) is 25.3 Å². The van der Waals surface area contributed by atoms with Crippen LogP contribution in [0.1, 0.15) is 26.9 Å². The number of thioether (sulfide) groups is 1. The maximum atomic E-state index is 12.2. The third kappa shape index (κ3) is 3.71. The molecule has 29 heavy (non-hydrogen) atoms. The van der Waals surface area contributed by atoms with Gasteiger partial charge in [0.15, 0.2) is 5.82 Å². The van der Waals surface area contributed by atoms with Crippen molar-refractivity contribution in [3.05, 3.63) is 71.7 Å². The van der Waals surface area contributed by atoms with Crippen LogP contribution in [0.15, 0.2) is 54.9 Å². The van der Waals surface area contributed by atoms with Gasteiger partial charge in [0, 0.05) is 5.69 Å². The Kier molecular flexibility index (Phi) is 5.26. The van der Waals surface area contributed by atoms with Crippen molar-refractivity contribution in [3.63, 3.8) is 0 Å². The van der Waals surface area contributed by atoms with Crippen LogP contribution in [-0.2, 0) is 9.53 Å². The molecule has 1 aliphatic rings. The van der Waals surface area contributed by atoms with Crippen molar-refractivity contribution < 1.29 is 19.1 Å². The van der Waals surface area contributed by atoms with Crippen molar-refractivity contribution in [2.24, 2.45) is 0 Å². The SMILES string of the molecule is COC(=O)c1ccc([C@H]2SCC(=O)Nc3ncn(-c4ccc(OC)cc4)c32)cc1. The van der Waals surface area contributed by atoms with E-state index in [1.807, 2.05) is 41.0 Å². The molecule has 0 saturated heterocycles. The lowest BCUT2D eigenvalue weighted by atomic mass is 10.1. The van der Waals surface area contributed by atoms with E-state index in [9.17, 15) is 9.59 Å². The first kappa shape index (κ1) is 19.1. The first-order valence-corrected chi connectivity index (χ1v) is 9.97. The third-order valence-electron chi connectivity index (χ3n) is 4.68. The molecule has 0 spiro atoms. The molecule has 0 saturated carbocycles. The second kappa shape index (κ2) is 8.00. The van der Waals surface area contributed by atoms with E-state index < -0.39 is 0 Å². The molecule has 0 unspecified atom stereocenters. The van der Waals surface area contributed by atoms with Gasteiger partial charge in [-0.1, -0.05) is 12.1 Å². The molecule has 0 aliphatic carbocycles. The summed E-state index contributed by atoms with van der Waals surface area (Å²) in [5.74, 6) is 1.13. The van der Waals surface area contributed by atoms with Crippen molar-refractivity contribution in [1.29, 1.82) is 0 Å². The molecule has 8 heteroatoms. The number of aromatic nitrogens is 2. The predicted octanol–water partition coefficient (Wildman–Crippen LogP) is 3.44. The van der Waals surface area contributed by atoms with Gasteiger partial charge in [0.1, 0.15) is 12.1 Å².